The predicted molar refractivity (Wildman–Crippen MR) is 64.8 cm³/mol. The van der Waals surface area contributed by atoms with Gasteiger partial charge >= 0.3 is 6.09 Å². The Kier molecular flexibility index (Phi) is 4.68. The van der Waals surface area contributed by atoms with E-state index in [1.54, 1.807) is 18.3 Å². The van der Waals surface area contributed by atoms with E-state index in [4.69, 9.17) is 4.74 Å². The zero-order chi connectivity index (χ0) is 12.7. The van der Waals surface area contributed by atoms with E-state index in [1.807, 2.05) is 20.8 Å². The first-order valence-electron chi connectivity index (χ1n) is 5.46. The number of carbonyl (C=O) groups is 1. The molecule has 1 amide bonds. The number of carbonyl (C=O) groups excluding carboxylic acids is 1. The van der Waals surface area contributed by atoms with E-state index < -0.39 is 11.7 Å². The summed E-state index contributed by atoms with van der Waals surface area (Å²) in [7, 11) is 0. The smallest absolute Gasteiger partial charge is 0.407 e. The average Bonchev–Trinajstić information content (AvgIpc) is 2.23. The first kappa shape index (κ1) is 13.2. The van der Waals surface area contributed by atoms with Crippen LogP contribution in [0, 0.1) is 0 Å². The van der Waals surface area contributed by atoms with Gasteiger partial charge in [0.15, 0.2) is 0 Å². The topological polar surface area (TPSA) is 76.1 Å². The Labute approximate surface area is 101 Å². The number of hydrogen-bond acceptors (Lipinski definition) is 5. The monoisotopic (exact) mass is 238 g/mol. The van der Waals surface area contributed by atoms with Crippen molar-refractivity contribution >= 4 is 11.9 Å². The van der Waals surface area contributed by atoms with Crippen LogP contribution < -0.4 is 10.6 Å². The largest absolute Gasteiger partial charge is 0.444 e. The van der Waals surface area contributed by atoms with Crippen LogP contribution in [0.15, 0.2) is 18.3 Å². The Morgan fingerprint density at radius 2 is 2.18 bits per heavy atom. The van der Waals surface area contributed by atoms with Gasteiger partial charge in [0.2, 0.25) is 0 Å². The van der Waals surface area contributed by atoms with Gasteiger partial charge in [-0.05, 0) is 32.9 Å². The number of ether oxygens (including phenoxy) is 1. The minimum Gasteiger partial charge on any atom is -0.444 e. The third-order valence-corrected chi connectivity index (χ3v) is 1.67. The van der Waals surface area contributed by atoms with E-state index >= 15 is 0 Å². The minimum absolute atomic E-state index is 0.418. The SMILES string of the molecule is CC(C)(C)OC(=O)NCCNc1cccnn1. The minimum atomic E-state index is -0.470. The number of alkyl carbamates (subject to hydrolysis) is 1. The van der Waals surface area contributed by atoms with E-state index in [1.165, 1.54) is 0 Å². The van der Waals surface area contributed by atoms with Gasteiger partial charge in [-0.3, -0.25) is 0 Å². The van der Waals surface area contributed by atoms with E-state index in [0.717, 1.165) is 0 Å². The molecule has 1 aromatic heterocycles. The lowest BCUT2D eigenvalue weighted by molar-refractivity contribution is 0.0530. The Balaban J connectivity index is 2.14. The van der Waals surface area contributed by atoms with Crippen LogP contribution in [0.2, 0.25) is 0 Å². The van der Waals surface area contributed by atoms with E-state index in [-0.39, 0.29) is 0 Å². The van der Waals surface area contributed by atoms with Gasteiger partial charge in [0.1, 0.15) is 11.4 Å². The summed E-state index contributed by atoms with van der Waals surface area (Å²) in [5, 5.41) is 13.2. The molecule has 0 saturated carbocycles. The fourth-order valence-corrected chi connectivity index (χ4v) is 1.07. The molecule has 2 N–H and O–H groups in total. The van der Waals surface area contributed by atoms with Crippen LogP contribution in [0.3, 0.4) is 0 Å². The molecular weight excluding hydrogens is 220 g/mol. The molecule has 0 aliphatic carbocycles. The Hall–Kier alpha value is -1.85. The molecule has 94 valence electrons. The highest BCUT2D eigenvalue weighted by Crippen LogP contribution is 2.06. The molecule has 0 aliphatic rings. The molecule has 0 spiro atoms. The fourth-order valence-electron chi connectivity index (χ4n) is 1.07. The van der Waals surface area contributed by atoms with Crippen molar-refractivity contribution in [2.24, 2.45) is 0 Å². The third-order valence-electron chi connectivity index (χ3n) is 1.67. The molecule has 0 aromatic carbocycles. The normalized spacial score (nSPS) is 10.8. The highest BCUT2D eigenvalue weighted by atomic mass is 16.6. The molecule has 6 heteroatoms. The number of nitrogens with one attached hydrogen (secondary N) is 2. The maximum absolute atomic E-state index is 11.3. The molecule has 1 rings (SSSR count). The van der Waals surface area contributed by atoms with Gasteiger partial charge in [0, 0.05) is 19.3 Å². The maximum atomic E-state index is 11.3. The number of amides is 1. The van der Waals surface area contributed by atoms with Crippen molar-refractivity contribution in [1.29, 1.82) is 0 Å². The average molecular weight is 238 g/mol. The summed E-state index contributed by atoms with van der Waals surface area (Å²) < 4.78 is 5.08. The second-order valence-electron chi connectivity index (χ2n) is 4.46. The van der Waals surface area contributed by atoms with Gasteiger partial charge in [-0.1, -0.05) is 0 Å². The van der Waals surface area contributed by atoms with Crippen molar-refractivity contribution in [2.75, 3.05) is 18.4 Å². The summed E-state index contributed by atoms with van der Waals surface area (Å²) in [5.41, 5.74) is -0.470. The zero-order valence-electron chi connectivity index (χ0n) is 10.4. The highest BCUT2D eigenvalue weighted by Gasteiger charge is 2.15. The quantitative estimate of drug-likeness (QED) is 0.776. The summed E-state index contributed by atoms with van der Waals surface area (Å²) >= 11 is 0. The number of aromatic nitrogens is 2. The first-order chi connectivity index (χ1) is 7.97. The molecule has 0 radical (unpaired) electrons. The van der Waals surface area contributed by atoms with Gasteiger partial charge < -0.3 is 15.4 Å². The second-order valence-corrected chi connectivity index (χ2v) is 4.46. The molecule has 0 atom stereocenters. The first-order valence-corrected chi connectivity index (χ1v) is 5.46. The van der Waals surface area contributed by atoms with E-state index in [2.05, 4.69) is 20.8 Å². The van der Waals surface area contributed by atoms with Gasteiger partial charge in [-0.2, -0.15) is 5.10 Å². The lowest BCUT2D eigenvalue weighted by Crippen LogP contribution is -2.35. The molecule has 0 unspecified atom stereocenters. The maximum Gasteiger partial charge on any atom is 0.407 e. The van der Waals surface area contributed by atoms with Crippen LogP contribution in [-0.4, -0.2) is 35.0 Å². The molecule has 1 aromatic rings. The van der Waals surface area contributed by atoms with Gasteiger partial charge in [-0.15, -0.1) is 5.10 Å². The third kappa shape index (κ3) is 6.34. The summed E-state index contributed by atoms with van der Waals surface area (Å²) in [4.78, 5) is 11.3. The van der Waals surface area contributed by atoms with Crippen LogP contribution in [0.5, 0.6) is 0 Å². The summed E-state index contributed by atoms with van der Waals surface area (Å²) in [6.45, 7) is 6.50. The van der Waals surface area contributed by atoms with Crippen molar-refractivity contribution in [3.63, 3.8) is 0 Å². The van der Waals surface area contributed by atoms with Gasteiger partial charge in [0.25, 0.3) is 0 Å². The number of hydrogen-bond donors (Lipinski definition) is 2. The molecule has 0 aliphatic heterocycles. The lowest BCUT2D eigenvalue weighted by Gasteiger charge is -2.19. The van der Waals surface area contributed by atoms with Crippen molar-refractivity contribution < 1.29 is 9.53 Å². The molecule has 0 saturated heterocycles. The van der Waals surface area contributed by atoms with Crippen LogP contribution in [-0.2, 0) is 4.74 Å². The zero-order valence-corrected chi connectivity index (χ0v) is 10.4. The van der Waals surface area contributed by atoms with Crippen molar-refractivity contribution in [3.8, 4) is 0 Å². The molecule has 0 fully saturated rings. The van der Waals surface area contributed by atoms with E-state index in [9.17, 15) is 4.79 Å². The summed E-state index contributed by atoms with van der Waals surface area (Å²) in [6, 6.07) is 3.59. The number of rotatable bonds is 4. The molecule has 17 heavy (non-hydrogen) atoms. The predicted octanol–water partition coefficient (Wildman–Crippen LogP) is 1.41. The molecule has 6 nitrogen and oxygen atoms in total. The standard InChI is InChI=1S/C11H18N4O2/c1-11(2,3)17-10(16)13-8-7-12-9-5-4-6-14-15-9/h4-6H,7-8H2,1-3H3,(H,12,15)(H,13,16). The van der Waals surface area contributed by atoms with Crippen LogP contribution in [0.1, 0.15) is 20.8 Å². The Morgan fingerprint density at radius 3 is 2.76 bits per heavy atom. The lowest BCUT2D eigenvalue weighted by atomic mass is 10.2. The molecular formula is C11H18N4O2. The van der Waals surface area contributed by atoms with E-state index in [0.29, 0.717) is 18.9 Å². The Morgan fingerprint density at radius 1 is 1.41 bits per heavy atom. The highest BCUT2D eigenvalue weighted by molar-refractivity contribution is 5.67. The van der Waals surface area contributed by atoms with Crippen LogP contribution in [0.25, 0.3) is 0 Å². The van der Waals surface area contributed by atoms with Crippen molar-refractivity contribution in [2.45, 2.75) is 26.4 Å². The second kappa shape index (κ2) is 6.03. The molecule has 1 heterocycles. The van der Waals surface area contributed by atoms with Crippen molar-refractivity contribution in [3.05, 3.63) is 18.3 Å². The van der Waals surface area contributed by atoms with Crippen molar-refractivity contribution in [1.82, 2.24) is 15.5 Å². The summed E-state index contributed by atoms with van der Waals surface area (Å²) in [6.07, 6.45) is 1.18. The summed E-state index contributed by atoms with van der Waals surface area (Å²) in [5.74, 6) is 0.679. The molecule has 0 bridgehead atoms. The van der Waals surface area contributed by atoms with Gasteiger partial charge in [0.05, 0.1) is 0 Å². The van der Waals surface area contributed by atoms with Crippen LogP contribution >= 0.6 is 0 Å². The van der Waals surface area contributed by atoms with Gasteiger partial charge in [-0.25, -0.2) is 4.79 Å². The fraction of sp³-hybridized carbons (Fsp3) is 0.545. The Bertz CT molecular complexity index is 348. The number of nitrogens with zero attached hydrogens (tertiary/aromatic N) is 2. The van der Waals surface area contributed by atoms with Crippen LogP contribution in [0.4, 0.5) is 10.6 Å². The number of anilines is 1.